The normalized spacial score (nSPS) is 11.4. The van der Waals surface area contributed by atoms with E-state index in [-0.39, 0.29) is 18.1 Å². The number of hydrogen-bond donors (Lipinski definition) is 1. The molecule has 0 amide bonds. The fourth-order valence-corrected chi connectivity index (χ4v) is 1.30. The highest BCUT2D eigenvalue weighted by Gasteiger charge is 2.10. The van der Waals surface area contributed by atoms with Gasteiger partial charge in [-0.05, 0) is 29.2 Å². The van der Waals surface area contributed by atoms with E-state index >= 15 is 0 Å². The summed E-state index contributed by atoms with van der Waals surface area (Å²) in [5.74, 6) is 0.194. The summed E-state index contributed by atoms with van der Waals surface area (Å²) in [5, 5.41) is 8.91. The third kappa shape index (κ3) is 2.51. The van der Waals surface area contributed by atoms with Gasteiger partial charge in [0.25, 0.3) is 6.43 Å². The Morgan fingerprint density at radius 1 is 1.14 bits per heavy atom. The van der Waals surface area contributed by atoms with E-state index in [0.29, 0.717) is 5.56 Å². The van der Waals surface area contributed by atoms with Gasteiger partial charge in [0, 0.05) is 5.56 Å². The second-order valence-corrected chi connectivity index (χ2v) is 3.62. The molecule has 1 nitrogen and oxygen atoms in total. The van der Waals surface area contributed by atoms with Crippen LogP contribution in [0.2, 0.25) is 0 Å². The molecule has 0 fully saturated rings. The number of aliphatic hydroxyl groups excluding tert-OH is 1. The van der Waals surface area contributed by atoms with Crippen LogP contribution < -0.4 is 0 Å². The minimum atomic E-state index is -2.47. The summed E-state index contributed by atoms with van der Waals surface area (Å²) in [7, 11) is 0. The molecule has 1 rings (SSSR count). The van der Waals surface area contributed by atoms with Crippen molar-refractivity contribution in [3.05, 3.63) is 34.9 Å². The zero-order valence-electron chi connectivity index (χ0n) is 8.30. The largest absolute Gasteiger partial charge is 0.392 e. The monoisotopic (exact) mass is 200 g/mol. The van der Waals surface area contributed by atoms with Gasteiger partial charge < -0.3 is 5.11 Å². The summed E-state index contributed by atoms with van der Waals surface area (Å²) >= 11 is 0. The SMILES string of the molecule is CC(C)c1cc(CO)cc(C(F)F)c1. The van der Waals surface area contributed by atoms with E-state index in [1.165, 1.54) is 12.1 Å². The second kappa shape index (κ2) is 4.51. The molecule has 0 atom stereocenters. The van der Waals surface area contributed by atoms with Gasteiger partial charge in [0.1, 0.15) is 0 Å². The lowest BCUT2D eigenvalue weighted by atomic mass is 9.98. The Bertz CT molecular complexity index is 282. The molecule has 1 aromatic carbocycles. The summed E-state index contributed by atoms with van der Waals surface area (Å²) in [4.78, 5) is 0. The lowest BCUT2D eigenvalue weighted by molar-refractivity contribution is 0.151. The molecule has 3 heteroatoms. The van der Waals surface area contributed by atoms with Crippen molar-refractivity contribution in [2.75, 3.05) is 0 Å². The number of hydrogen-bond acceptors (Lipinski definition) is 1. The van der Waals surface area contributed by atoms with Crippen LogP contribution >= 0.6 is 0 Å². The molecule has 0 saturated heterocycles. The summed E-state index contributed by atoms with van der Waals surface area (Å²) in [6.45, 7) is 3.68. The molecule has 0 saturated carbocycles. The third-order valence-electron chi connectivity index (χ3n) is 2.14. The van der Waals surface area contributed by atoms with Gasteiger partial charge in [-0.25, -0.2) is 8.78 Å². The van der Waals surface area contributed by atoms with E-state index in [1.807, 2.05) is 13.8 Å². The molecule has 14 heavy (non-hydrogen) atoms. The fourth-order valence-electron chi connectivity index (χ4n) is 1.30. The Labute approximate surface area is 82.4 Å². The quantitative estimate of drug-likeness (QED) is 0.794. The van der Waals surface area contributed by atoms with Crippen molar-refractivity contribution in [1.82, 2.24) is 0 Å². The van der Waals surface area contributed by atoms with Gasteiger partial charge in [-0.3, -0.25) is 0 Å². The van der Waals surface area contributed by atoms with Crippen LogP contribution in [-0.4, -0.2) is 5.11 Å². The lowest BCUT2D eigenvalue weighted by Gasteiger charge is -2.10. The second-order valence-electron chi connectivity index (χ2n) is 3.62. The molecule has 0 aromatic heterocycles. The number of aliphatic hydroxyl groups is 1. The molecule has 78 valence electrons. The molecule has 0 unspecified atom stereocenters. The highest BCUT2D eigenvalue weighted by atomic mass is 19.3. The average molecular weight is 200 g/mol. The molecular weight excluding hydrogens is 186 g/mol. The number of halogens is 2. The Balaban J connectivity index is 3.13. The predicted octanol–water partition coefficient (Wildman–Crippen LogP) is 3.24. The highest BCUT2D eigenvalue weighted by molar-refractivity contribution is 5.32. The van der Waals surface area contributed by atoms with Crippen LogP contribution in [0.3, 0.4) is 0 Å². The topological polar surface area (TPSA) is 20.2 Å². The summed E-state index contributed by atoms with van der Waals surface area (Å²) < 4.78 is 24.9. The first kappa shape index (κ1) is 11.1. The Kier molecular flexibility index (Phi) is 3.58. The summed E-state index contributed by atoms with van der Waals surface area (Å²) in [6.07, 6.45) is -2.47. The van der Waals surface area contributed by atoms with Crippen molar-refractivity contribution in [2.45, 2.75) is 32.8 Å². The maximum Gasteiger partial charge on any atom is 0.263 e. The van der Waals surface area contributed by atoms with Crippen LogP contribution in [0.15, 0.2) is 18.2 Å². The summed E-state index contributed by atoms with van der Waals surface area (Å²) in [6, 6.07) is 4.60. The van der Waals surface area contributed by atoms with Gasteiger partial charge in [0.05, 0.1) is 6.61 Å². The van der Waals surface area contributed by atoms with Crippen molar-refractivity contribution in [3.63, 3.8) is 0 Å². The molecule has 0 aliphatic heterocycles. The summed E-state index contributed by atoms with van der Waals surface area (Å²) in [5.41, 5.74) is 1.37. The molecule has 0 heterocycles. The predicted molar refractivity (Wildman–Crippen MR) is 51.4 cm³/mol. The fraction of sp³-hybridized carbons (Fsp3) is 0.455. The third-order valence-corrected chi connectivity index (χ3v) is 2.14. The van der Waals surface area contributed by atoms with E-state index in [4.69, 9.17) is 5.11 Å². The first-order valence-electron chi connectivity index (χ1n) is 4.57. The molecule has 1 aromatic rings. The number of rotatable bonds is 3. The van der Waals surface area contributed by atoms with Crippen molar-refractivity contribution in [2.24, 2.45) is 0 Å². The van der Waals surface area contributed by atoms with E-state index in [0.717, 1.165) is 5.56 Å². The highest BCUT2D eigenvalue weighted by Crippen LogP contribution is 2.25. The van der Waals surface area contributed by atoms with Crippen molar-refractivity contribution >= 4 is 0 Å². The first-order valence-corrected chi connectivity index (χ1v) is 4.57. The van der Waals surface area contributed by atoms with Gasteiger partial charge >= 0.3 is 0 Å². The van der Waals surface area contributed by atoms with Crippen LogP contribution in [0, 0.1) is 0 Å². The Morgan fingerprint density at radius 2 is 1.71 bits per heavy atom. The minimum Gasteiger partial charge on any atom is -0.392 e. The van der Waals surface area contributed by atoms with Crippen molar-refractivity contribution in [3.8, 4) is 0 Å². The van der Waals surface area contributed by atoms with E-state index in [1.54, 1.807) is 6.07 Å². The zero-order chi connectivity index (χ0) is 10.7. The van der Waals surface area contributed by atoms with Gasteiger partial charge in [-0.1, -0.05) is 19.9 Å². The van der Waals surface area contributed by atoms with Crippen LogP contribution in [0.1, 0.15) is 42.9 Å². The van der Waals surface area contributed by atoms with Crippen molar-refractivity contribution < 1.29 is 13.9 Å². The molecule has 0 aliphatic carbocycles. The van der Waals surface area contributed by atoms with Gasteiger partial charge in [0.2, 0.25) is 0 Å². The van der Waals surface area contributed by atoms with E-state index in [2.05, 4.69) is 0 Å². The molecule has 0 spiro atoms. The first-order chi connectivity index (χ1) is 6.54. The van der Waals surface area contributed by atoms with Crippen LogP contribution in [0.25, 0.3) is 0 Å². The average Bonchev–Trinajstić information content (AvgIpc) is 2.16. The van der Waals surface area contributed by atoms with Crippen LogP contribution in [-0.2, 0) is 6.61 Å². The molecule has 0 aliphatic rings. The Morgan fingerprint density at radius 3 is 2.14 bits per heavy atom. The van der Waals surface area contributed by atoms with Crippen LogP contribution in [0.5, 0.6) is 0 Å². The molecule has 0 radical (unpaired) electrons. The Hall–Kier alpha value is -0.960. The van der Waals surface area contributed by atoms with Gasteiger partial charge in [0.15, 0.2) is 0 Å². The molecule has 1 N–H and O–H groups in total. The number of alkyl halides is 2. The van der Waals surface area contributed by atoms with Gasteiger partial charge in [-0.2, -0.15) is 0 Å². The molecular formula is C11H14F2O. The van der Waals surface area contributed by atoms with E-state index < -0.39 is 6.43 Å². The van der Waals surface area contributed by atoms with Crippen molar-refractivity contribution in [1.29, 1.82) is 0 Å². The maximum atomic E-state index is 12.4. The zero-order valence-corrected chi connectivity index (χ0v) is 8.30. The van der Waals surface area contributed by atoms with E-state index in [9.17, 15) is 8.78 Å². The smallest absolute Gasteiger partial charge is 0.263 e. The molecule has 0 bridgehead atoms. The maximum absolute atomic E-state index is 12.4. The number of benzene rings is 1. The standard InChI is InChI=1S/C11H14F2O/c1-7(2)9-3-8(6-14)4-10(5-9)11(12)13/h3-5,7,11,14H,6H2,1-2H3. The van der Waals surface area contributed by atoms with Crippen LogP contribution in [0.4, 0.5) is 8.78 Å². The van der Waals surface area contributed by atoms with Gasteiger partial charge in [-0.15, -0.1) is 0 Å². The lowest BCUT2D eigenvalue weighted by Crippen LogP contribution is -1.95. The minimum absolute atomic E-state index is 0.0137.